The van der Waals surface area contributed by atoms with Crippen LogP contribution in [-0.4, -0.2) is 4.57 Å². The number of nitrogens with zero attached hydrogens (tertiary/aromatic N) is 4. The second kappa shape index (κ2) is 12.6. The lowest BCUT2D eigenvalue weighted by Crippen LogP contribution is -2.17. The van der Waals surface area contributed by atoms with Gasteiger partial charge in [0, 0.05) is 31.7 Å². The lowest BCUT2D eigenvalue weighted by Gasteiger charge is -2.36. The first-order chi connectivity index (χ1) is 25.8. The lowest BCUT2D eigenvalue weighted by molar-refractivity contribution is 1.13. The predicted molar refractivity (Wildman–Crippen MR) is 219 cm³/mol. The van der Waals surface area contributed by atoms with E-state index in [1.807, 2.05) is 48.2 Å². The Hall–Kier alpha value is -6.53. The second-order valence-corrected chi connectivity index (χ2v) is 15.1. The molecule has 0 saturated heterocycles. The Labute approximate surface area is 313 Å². The third-order valence-corrected chi connectivity index (χ3v) is 11.3. The van der Waals surface area contributed by atoms with Crippen molar-refractivity contribution in [1.29, 1.82) is 10.5 Å². The number of rotatable bonds is 4. The summed E-state index contributed by atoms with van der Waals surface area (Å²) in [5.74, 6) is 0. The largest absolute Gasteiger partial charge is 0.308 e. The van der Waals surface area contributed by atoms with Crippen LogP contribution in [0.3, 0.4) is 0 Å². The van der Waals surface area contributed by atoms with Gasteiger partial charge >= 0.3 is 0 Å². The molecule has 0 fully saturated rings. The number of hydrogen-bond acceptors (Lipinski definition) is 4. The van der Waals surface area contributed by atoms with Gasteiger partial charge < -0.3 is 9.47 Å². The van der Waals surface area contributed by atoms with E-state index < -0.39 is 0 Å². The molecule has 0 atom stereocenters. The molecule has 0 unspecified atom stereocenters. The standard InChI is InChI=1S/C48H34N4S/c1-29-11-16-40-38(21-29)39-22-30(2)12-17-41(39)52(40)48-37(35-9-5-7-33(25-35)27-49)15-20-44(47(48)36-10-6-8-34(26-36)28-50)51-42-18-13-31(3)23-45(42)53-46-24-32(4)14-19-43(46)51/h5-26H,1-4H3. The van der Waals surface area contributed by atoms with Crippen molar-refractivity contribution in [1.82, 2.24) is 4.57 Å². The van der Waals surface area contributed by atoms with Crippen molar-refractivity contribution in [3.05, 3.63) is 167 Å². The van der Waals surface area contributed by atoms with Crippen molar-refractivity contribution in [3.63, 3.8) is 0 Å². The molecule has 8 aromatic rings. The highest BCUT2D eigenvalue weighted by Crippen LogP contribution is 2.55. The molecule has 0 saturated carbocycles. The van der Waals surface area contributed by atoms with Gasteiger partial charge in [0.15, 0.2) is 0 Å². The number of hydrogen-bond donors (Lipinski definition) is 0. The number of benzene rings is 7. The number of fused-ring (bicyclic) bond motifs is 5. The molecule has 252 valence electrons. The van der Waals surface area contributed by atoms with E-state index in [1.54, 1.807) is 0 Å². The Balaban J connectivity index is 1.50. The fourth-order valence-electron chi connectivity index (χ4n) is 7.79. The van der Waals surface area contributed by atoms with E-state index in [0.717, 1.165) is 56.0 Å². The first kappa shape index (κ1) is 32.4. The average Bonchev–Trinajstić information content (AvgIpc) is 3.48. The van der Waals surface area contributed by atoms with Gasteiger partial charge in [0.05, 0.1) is 57.0 Å². The average molecular weight is 699 g/mol. The molecule has 2 heterocycles. The number of nitriles is 2. The monoisotopic (exact) mass is 698 g/mol. The van der Waals surface area contributed by atoms with E-state index in [-0.39, 0.29) is 0 Å². The van der Waals surface area contributed by atoms with Crippen LogP contribution in [0, 0.1) is 50.4 Å². The van der Waals surface area contributed by atoms with Crippen molar-refractivity contribution < 1.29 is 0 Å². The molecule has 0 N–H and O–H groups in total. The molecule has 1 aromatic heterocycles. The van der Waals surface area contributed by atoms with E-state index in [9.17, 15) is 10.5 Å². The molecular weight excluding hydrogens is 665 g/mol. The van der Waals surface area contributed by atoms with Crippen LogP contribution in [0.25, 0.3) is 49.7 Å². The third-order valence-electron chi connectivity index (χ3n) is 10.2. The Bertz CT molecular complexity index is 2790. The van der Waals surface area contributed by atoms with E-state index >= 15 is 0 Å². The number of aryl methyl sites for hydroxylation is 4. The summed E-state index contributed by atoms with van der Waals surface area (Å²) in [6.07, 6.45) is 0. The van der Waals surface area contributed by atoms with Gasteiger partial charge in [-0.3, -0.25) is 0 Å². The van der Waals surface area contributed by atoms with Gasteiger partial charge in [-0.15, -0.1) is 0 Å². The Morgan fingerprint density at radius 1 is 0.491 bits per heavy atom. The van der Waals surface area contributed by atoms with Gasteiger partial charge in [0.2, 0.25) is 0 Å². The maximum Gasteiger partial charge on any atom is 0.0991 e. The first-order valence-electron chi connectivity index (χ1n) is 17.7. The van der Waals surface area contributed by atoms with Crippen molar-refractivity contribution in [2.24, 2.45) is 0 Å². The molecule has 1 aliphatic heterocycles. The highest BCUT2D eigenvalue weighted by atomic mass is 32.2. The maximum atomic E-state index is 10.2. The van der Waals surface area contributed by atoms with Crippen LogP contribution in [0.15, 0.2) is 143 Å². The van der Waals surface area contributed by atoms with Crippen molar-refractivity contribution in [2.45, 2.75) is 37.5 Å². The zero-order valence-corrected chi connectivity index (χ0v) is 30.7. The summed E-state index contributed by atoms with van der Waals surface area (Å²) in [5.41, 5.74) is 16.2. The lowest BCUT2D eigenvalue weighted by atomic mass is 9.91. The summed E-state index contributed by atoms with van der Waals surface area (Å²) >= 11 is 1.81. The molecule has 5 heteroatoms. The summed E-state index contributed by atoms with van der Waals surface area (Å²) in [6, 6.07) is 51.8. The second-order valence-electron chi connectivity index (χ2n) is 14.0. The van der Waals surface area contributed by atoms with E-state index in [4.69, 9.17) is 0 Å². The minimum Gasteiger partial charge on any atom is -0.308 e. The fourth-order valence-corrected chi connectivity index (χ4v) is 9.05. The Morgan fingerprint density at radius 2 is 0.981 bits per heavy atom. The molecule has 4 nitrogen and oxygen atoms in total. The number of aromatic nitrogens is 1. The summed E-state index contributed by atoms with van der Waals surface area (Å²) in [5, 5.41) is 22.6. The summed E-state index contributed by atoms with van der Waals surface area (Å²) < 4.78 is 2.40. The predicted octanol–water partition coefficient (Wildman–Crippen LogP) is 13.0. The van der Waals surface area contributed by atoms with Crippen LogP contribution in [-0.2, 0) is 0 Å². The summed E-state index contributed by atoms with van der Waals surface area (Å²) in [7, 11) is 0. The Morgan fingerprint density at radius 3 is 1.55 bits per heavy atom. The molecule has 1 aliphatic rings. The molecule has 0 amide bonds. The van der Waals surface area contributed by atoms with Gasteiger partial charge in [0.25, 0.3) is 0 Å². The molecular formula is C48H34N4S. The van der Waals surface area contributed by atoms with Gasteiger partial charge in [-0.1, -0.05) is 77.5 Å². The molecule has 0 radical (unpaired) electrons. The first-order valence-corrected chi connectivity index (χ1v) is 18.5. The molecule has 0 aliphatic carbocycles. The van der Waals surface area contributed by atoms with Crippen LogP contribution in [0.1, 0.15) is 33.4 Å². The normalized spacial score (nSPS) is 12.0. The highest BCUT2D eigenvalue weighted by Gasteiger charge is 2.31. The zero-order chi connectivity index (χ0) is 36.4. The van der Waals surface area contributed by atoms with E-state index in [1.165, 1.54) is 42.8 Å². The molecule has 0 bridgehead atoms. The SMILES string of the molecule is Cc1ccc2c(c1)Sc1cc(C)ccc1N2c1ccc(-c2cccc(C#N)c2)c(-n2c3ccc(C)cc3c3cc(C)ccc32)c1-c1cccc(C#N)c1. The zero-order valence-electron chi connectivity index (χ0n) is 29.9. The van der Waals surface area contributed by atoms with Crippen molar-refractivity contribution in [2.75, 3.05) is 4.90 Å². The van der Waals surface area contributed by atoms with Crippen LogP contribution in [0.2, 0.25) is 0 Å². The molecule has 7 aromatic carbocycles. The highest BCUT2D eigenvalue weighted by molar-refractivity contribution is 7.99. The van der Waals surface area contributed by atoms with E-state index in [0.29, 0.717) is 11.1 Å². The topological polar surface area (TPSA) is 55.8 Å². The molecule has 9 rings (SSSR count). The van der Waals surface area contributed by atoms with Crippen LogP contribution in [0.4, 0.5) is 17.1 Å². The van der Waals surface area contributed by atoms with Crippen molar-refractivity contribution in [3.8, 4) is 40.1 Å². The van der Waals surface area contributed by atoms with Gasteiger partial charge in [-0.25, -0.2) is 0 Å². The van der Waals surface area contributed by atoms with Crippen LogP contribution in [0.5, 0.6) is 0 Å². The van der Waals surface area contributed by atoms with Crippen molar-refractivity contribution >= 4 is 50.6 Å². The van der Waals surface area contributed by atoms with Crippen LogP contribution >= 0.6 is 11.8 Å². The van der Waals surface area contributed by atoms with Gasteiger partial charge in [0.1, 0.15) is 0 Å². The molecule has 0 spiro atoms. The van der Waals surface area contributed by atoms with Gasteiger partial charge in [-0.05, 0) is 129 Å². The minimum absolute atomic E-state index is 0.589. The quantitative estimate of drug-likeness (QED) is 0.184. The molecule has 53 heavy (non-hydrogen) atoms. The third kappa shape index (κ3) is 5.37. The maximum absolute atomic E-state index is 10.2. The smallest absolute Gasteiger partial charge is 0.0991 e. The van der Waals surface area contributed by atoms with Gasteiger partial charge in [-0.2, -0.15) is 10.5 Å². The van der Waals surface area contributed by atoms with Crippen LogP contribution < -0.4 is 4.90 Å². The number of anilines is 3. The summed E-state index contributed by atoms with van der Waals surface area (Å²) in [4.78, 5) is 4.78. The van der Waals surface area contributed by atoms with E-state index in [2.05, 4.69) is 146 Å². The summed E-state index contributed by atoms with van der Waals surface area (Å²) in [6.45, 7) is 8.57. The fraction of sp³-hybridized carbons (Fsp3) is 0.0833. The Kier molecular flexibility index (Phi) is 7.70. The minimum atomic E-state index is 0.589.